The van der Waals surface area contributed by atoms with E-state index in [0.717, 1.165) is 32.4 Å². The summed E-state index contributed by atoms with van der Waals surface area (Å²) in [4.78, 5) is 13.7. The number of hydrogen-bond acceptors (Lipinski definition) is 3. The predicted molar refractivity (Wildman–Crippen MR) is 86.3 cm³/mol. The number of ether oxygens (including phenoxy) is 2. The van der Waals surface area contributed by atoms with Crippen LogP contribution in [0.1, 0.15) is 19.3 Å². The van der Waals surface area contributed by atoms with Crippen LogP contribution >= 0.6 is 34.8 Å². The van der Waals surface area contributed by atoms with Gasteiger partial charge in [0.2, 0.25) is 0 Å². The number of amides is 1. The Hall–Kier alpha value is -0.840. The molecular weight excluding hydrogens is 349 g/mol. The van der Waals surface area contributed by atoms with Crippen molar-refractivity contribution in [3.05, 3.63) is 23.2 Å². The van der Waals surface area contributed by atoms with Gasteiger partial charge in [-0.15, -0.1) is 23.2 Å². The van der Waals surface area contributed by atoms with Crippen LogP contribution in [-0.2, 0) is 0 Å². The van der Waals surface area contributed by atoms with Crippen molar-refractivity contribution < 1.29 is 14.3 Å². The molecule has 2 fully saturated rings. The second-order valence-electron chi connectivity index (χ2n) is 5.63. The first-order valence-electron chi connectivity index (χ1n) is 7.22. The smallest absolute Gasteiger partial charge is 0.415 e. The molecule has 3 rings (SSSR count). The predicted octanol–water partition coefficient (Wildman–Crippen LogP) is 4.51. The minimum absolute atomic E-state index is 0.127. The van der Waals surface area contributed by atoms with Gasteiger partial charge in [0, 0.05) is 25.1 Å². The zero-order chi connectivity index (χ0) is 15.7. The molecule has 4 nitrogen and oxygen atoms in total. The molecule has 0 radical (unpaired) electrons. The van der Waals surface area contributed by atoms with Crippen LogP contribution in [0.3, 0.4) is 0 Å². The van der Waals surface area contributed by atoms with Crippen LogP contribution in [0.2, 0.25) is 5.02 Å². The van der Waals surface area contributed by atoms with Gasteiger partial charge < -0.3 is 14.4 Å². The van der Waals surface area contributed by atoms with Gasteiger partial charge in [-0.2, -0.15) is 0 Å². The van der Waals surface area contributed by atoms with Gasteiger partial charge in [-0.1, -0.05) is 11.6 Å². The number of carbonyl (C=O) groups excluding carboxylic acids is 1. The first kappa shape index (κ1) is 16.0. The first-order valence-corrected chi connectivity index (χ1v) is 8.36. The van der Waals surface area contributed by atoms with Crippen LogP contribution in [0.4, 0.5) is 4.79 Å². The third-order valence-corrected chi connectivity index (χ3v) is 5.11. The Labute approximate surface area is 144 Å². The largest absolute Gasteiger partial charge is 0.493 e. The number of halogens is 3. The zero-order valence-electron chi connectivity index (χ0n) is 11.9. The van der Waals surface area contributed by atoms with Crippen LogP contribution in [0, 0.1) is 5.92 Å². The van der Waals surface area contributed by atoms with Crippen molar-refractivity contribution in [2.24, 2.45) is 5.92 Å². The number of rotatable bonds is 4. The van der Waals surface area contributed by atoms with E-state index in [2.05, 4.69) is 0 Å². The summed E-state index contributed by atoms with van der Waals surface area (Å²) in [5.41, 5.74) is 0. The highest BCUT2D eigenvalue weighted by Crippen LogP contribution is 2.53. The van der Waals surface area contributed by atoms with Crippen LogP contribution in [0.25, 0.3) is 0 Å². The molecule has 0 aromatic heterocycles. The van der Waals surface area contributed by atoms with Gasteiger partial charge in [0.1, 0.15) is 10.1 Å². The molecule has 1 amide bonds. The van der Waals surface area contributed by atoms with Gasteiger partial charge in [0.25, 0.3) is 0 Å². The number of hydrogen-bond donors (Lipinski definition) is 0. The highest BCUT2D eigenvalue weighted by molar-refractivity contribution is 6.50. The second kappa shape index (κ2) is 6.34. The Kier molecular flexibility index (Phi) is 4.62. The molecular formula is C15H16Cl3NO3. The number of likely N-dealkylation sites (tertiary alicyclic amines) is 1. The van der Waals surface area contributed by atoms with Gasteiger partial charge in [0.05, 0.1) is 11.6 Å². The molecule has 1 atom stereocenters. The third-order valence-electron chi connectivity index (χ3n) is 3.87. The lowest BCUT2D eigenvalue weighted by Gasteiger charge is -2.16. The van der Waals surface area contributed by atoms with E-state index in [1.807, 2.05) is 0 Å². The second-order valence-corrected chi connectivity index (χ2v) is 7.58. The fraction of sp³-hybridized carbons (Fsp3) is 0.533. The zero-order valence-corrected chi connectivity index (χ0v) is 14.1. The molecule has 2 aliphatic rings. The van der Waals surface area contributed by atoms with Crippen LogP contribution in [-0.4, -0.2) is 35.0 Å². The summed E-state index contributed by atoms with van der Waals surface area (Å²) in [6.45, 7) is 1.87. The van der Waals surface area contributed by atoms with E-state index in [1.54, 1.807) is 23.1 Å². The molecule has 0 bridgehead atoms. The average molecular weight is 365 g/mol. The fourth-order valence-corrected chi connectivity index (χ4v) is 3.01. The maximum Gasteiger partial charge on any atom is 0.415 e. The Morgan fingerprint density at radius 1 is 1.32 bits per heavy atom. The van der Waals surface area contributed by atoms with Crippen molar-refractivity contribution in [2.45, 2.75) is 23.6 Å². The molecule has 1 aliphatic heterocycles. The molecule has 1 saturated heterocycles. The number of carbonyl (C=O) groups is 1. The van der Waals surface area contributed by atoms with E-state index in [9.17, 15) is 4.79 Å². The van der Waals surface area contributed by atoms with Crippen molar-refractivity contribution in [3.8, 4) is 11.5 Å². The van der Waals surface area contributed by atoms with Crippen LogP contribution < -0.4 is 9.47 Å². The lowest BCUT2D eigenvalue weighted by atomic mass is 10.3. The van der Waals surface area contributed by atoms with Gasteiger partial charge in [0.15, 0.2) is 5.75 Å². The summed E-state index contributed by atoms with van der Waals surface area (Å²) in [7, 11) is 0. The molecule has 1 heterocycles. The van der Waals surface area contributed by atoms with E-state index in [4.69, 9.17) is 44.3 Å². The monoisotopic (exact) mass is 363 g/mol. The van der Waals surface area contributed by atoms with E-state index in [1.165, 1.54) is 0 Å². The molecule has 0 spiro atoms. The molecule has 7 heteroatoms. The molecule has 1 aromatic carbocycles. The van der Waals surface area contributed by atoms with E-state index in [-0.39, 0.29) is 12.0 Å². The maximum atomic E-state index is 12.0. The highest BCUT2D eigenvalue weighted by Gasteiger charge is 2.52. The van der Waals surface area contributed by atoms with Crippen LogP contribution in [0.5, 0.6) is 11.5 Å². The highest BCUT2D eigenvalue weighted by atomic mass is 35.5. The Bertz CT molecular complexity index is 573. The molecule has 1 unspecified atom stereocenters. The summed E-state index contributed by atoms with van der Waals surface area (Å²) in [6, 6.07) is 4.98. The lowest BCUT2D eigenvalue weighted by Crippen LogP contribution is -2.30. The van der Waals surface area contributed by atoms with Crippen molar-refractivity contribution in [3.63, 3.8) is 0 Å². The summed E-state index contributed by atoms with van der Waals surface area (Å²) in [5.74, 6) is 1.00. The Morgan fingerprint density at radius 3 is 2.64 bits per heavy atom. The molecule has 1 aromatic rings. The standard InChI is InChI=1S/C15H16Cl3NO3/c16-12-4-3-11(21-9-10-8-15(10,17)18)7-13(12)22-14(20)19-5-1-2-6-19/h3-4,7,10H,1-2,5-6,8-9H2. The Balaban J connectivity index is 1.60. The maximum absolute atomic E-state index is 12.0. The topological polar surface area (TPSA) is 38.8 Å². The van der Waals surface area contributed by atoms with E-state index in [0.29, 0.717) is 23.1 Å². The van der Waals surface area contributed by atoms with Gasteiger partial charge in [-0.05, 0) is 31.4 Å². The summed E-state index contributed by atoms with van der Waals surface area (Å²) < 4.78 is 10.3. The van der Waals surface area contributed by atoms with E-state index >= 15 is 0 Å². The van der Waals surface area contributed by atoms with Crippen LogP contribution in [0.15, 0.2) is 18.2 Å². The molecule has 1 saturated carbocycles. The van der Waals surface area contributed by atoms with Crippen molar-refractivity contribution >= 4 is 40.9 Å². The van der Waals surface area contributed by atoms with Crippen molar-refractivity contribution in [1.29, 1.82) is 0 Å². The number of benzene rings is 1. The SMILES string of the molecule is O=C(Oc1cc(OCC2CC2(Cl)Cl)ccc1Cl)N1CCCC1. The quantitative estimate of drug-likeness (QED) is 0.738. The van der Waals surface area contributed by atoms with E-state index < -0.39 is 4.33 Å². The normalized spacial score (nSPS) is 22.5. The Morgan fingerprint density at radius 2 is 2.00 bits per heavy atom. The first-order chi connectivity index (χ1) is 10.5. The molecule has 0 N–H and O–H groups in total. The number of nitrogens with zero attached hydrogens (tertiary/aromatic N) is 1. The summed E-state index contributed by atoms with van der Waals surface area (Å²) >= 11 is 18.0. The van der Waals surface area contributed by atoms with Gasteiger partial charge in [-0.25, -0.2) is 4.79 Å². The van der Waals surface area contributed by atoms with Gasteiger partial charge >= 0.3 is 6.09 Å². The van der Waals surface area contributed by atoms with Gasteiger partial charge in [-0.3, -0.25) is 0 Å². The number of alkyl halides is 2. The fourth-order valence-electron chi connectivity index (χ4n) is 2.36. The molecule has 1 aliphatic carbocycles. The average Bonchev–Trinajstić information content (AvgIpc) is 2.91. The minimum atomic E-state index is -0.669. The third kappa shape index (κ3) is 3.73. The summed E-state index contributed by atoms with van der Waals surface area (Å²) in [5, 5.41) is 0.371. The lowest BCUT2D eigenvalue weighted by molar-refractivity contribution is 0.162. The molecule has 120 valence electrons. The summed E-state index contributed by atoms with van der Waals surface area (Å²) in [6.07, 6.45) is 2.36. The minimum Gasteiger partial charge on any atom is -0.493 e. The van der Waals surface area contributed by atoms with Crippen molar-refractivity contribution in [1.82, 2.24) is 4.90 Å². The van der Waals surface area contributed by atoms with Crippen molar-refractivity contribution in [2.75, 3.05) is 19.7 Å². The molecule has 22 heavy (non-hydrogen) atoms.